The van der Waals surface area contributed by atoms with E-state index in [0.717, 1.165) is 35.4 Å². The minimum absolute atomic E-state index is 0.134. The lowest BCUT2D eigenvalue weighted by atomic mass is 10.1. The fourth-order valence-corrected chi connectivity index (χ4v) is 3.11. The van der Waals surface area contributed by atoms with Gasteiger partial charge in [-0.2, -0.15) is 0 Å². The summed E-state index contributed by atoms with van der Waals surface area (Å²) < 4.78 is 12.7. The normalized spacial score (nSPS) is 11.1. The summed E-state index contributed by atoms with van der Waals surface area (Å²) in [7, 11) is 3.19. The number of nitrogens with zero attached hydrogens (tertiary/aromatic N) is 2. The Labute approximate surface area is 164 Å². The summed E-state index contributed by atoms with van der Waals surface area (Å²) in [5.74, 6) is 2.22. The molecule has 6 nitrogen and oxygen atoms in total. The fraction of sp³-hybridized carbons (Fsp3) is 0.273. The van der Waals surface area contributed by atoms with Gasteiger partial charge in [-0.1, -0.05) is 12.1 Å². The lowest BCUT2D eigenvalue weighted by molar-refractivity contribution is -0.116. The molecule has 0 saturated heterocycles. The quantitative estimate of drug-likeness (QED) is 0.480. The van der Waals surface area contributed by atoms with Crippen LogP contribution in [-0.4, -0.2) is 36.2 Å². The van der Waals surface area contributed by atoms with Gasteiger partial charge in [0.25, 0.3) is 0 Å². The number of methoxy groups -OCH3 is 2. The molecule has 1 amide bonds. The number of fused-ring (bicyclic) bond motifs is 1. The van der Waals surface area contributed by atoms with Crippen molar-refractivity contribution in [3.05, 3.63) is 59.9 Å². The summed E-state index contributed by atoms with van der Waals surface area (Å²) in [4.78, 5) is 16.7. The third kappa shape index (κ3) is 4.52. The summed E-state index contributed by atoms with van der Waals surface area (Å²) in [6.07, 6.45) is 4.08. The number of benzene rings is 2. The van der Waals surface area contributed by atoms with Gasteiger partial charge >= 0.3 is 0 Å². The minimum atomic E-state index is -0.134. The van der Waals surface area contributed by atoms with E-state index in [1.165, 1.54) is 6.08 Å². The summed E-state index contributed by atoms with van der Waals surface area (Å²) in [5, 5.41) is 2.92. The van der Waals surface area contributed by atoms with Crippen LogP contribution in [0.25, 0.3) is 17.1 Å². The first-order valence-corrected chi connectivity index (χ1v) is 9.22. The second-order valence-electron chi connectivity index (χ2n) is 6.39. The average molecular weight is 379 g/mol. The molecule has 0 saturated carbocycles. The molecule has 6 heteroatoms. The number of amides is 1. The third-order valence-corrected chi connectivity index (χ3v) is 4.56. The molecule has 0 bridgehead atoms. The van der Waals surface area contributed by atoms with E-state index < -0.39 is 0 Å². The van der Waals surface area contributed by atoms with Crippen LogP contribution >= 0.6 is 0 Å². The molecule has 28 heavy (non-hydrogen) atoms. The Hall–Kier alpha value is -3.28. The molecule has 0 aliphatic rings. The summed E-state index contributed by atoms with van der Waals surface area (Å²) in [5.41, 5.74) is 2.94. The van der Waals surface area contributed by atoms with Crippen molar-refractivity contribution in [1.82, 2.24) is 14.9 Å². The minimum Gasteiger partial charge on any atom is -0.497 e. The summed E-state index contributed by atoms with van der Waals surface area (Å²) in [6, 6.07) is 13.6. The number of nitrogens with one attached hydrogen (secondary N) is 1. The van der Waals surface area contributed by atoms with Crippen LogP contribution in [0.5, 0.6) is 11.5 Å². The number of rotatable bonds is 8. The largest absolute Gasteiger partial charge is 0.497 e. The van der Waals surface area contributed by atoms with Crippen molar-refractivity contribution in [2.75, 3.05) is 20.8 Å². The Bertz CT molecular complexity index is 992. The molecule has 0 radical (unpaired) electrons. The molecular formula is C22H25N3O3. The van der Waals surface area contributed by atoms with Crippen LogP contribution in [0.2, 0.25) is 0 Å². The molecule has 0 unspecified atom stereocenters. The molecule has 1 heterocycles. The zero-order valence-corrected chi connectivity index (χ0v) is 16.4. The maximum absolute atomic E-state index is 12.1. The highest BCUT2D eigenvalue weighted by Gasteiger charge is 2.06. The monoisotopic (exact) mass is 379 g/mol. The Morgan fingerprint density at radius 1 is 1.18 bits per heavy atom. The second kappa shape index (κ2) is 9.08. The molecule has 0 spiro atoms. The average Bonchev–Trinajstić information content (AvgIpc) is 3.04. The highest BCUT2D eigenvalue weighted by atomic mass is 16.5. The highest BCUT2D eigenvalue weighted by Crippen LogP contribution is 2.25. The number of ether oxygens (including phenoxy) is 2. The van der Waals surface area contributed by atoms with Gasteiger partial charge in [0.2, 0.25) is 5.91 Å². The summed E-state index contributed by atoms with van der Waals surface area (Å²) >= 11 is 0. The molecule has 0 aliphatic heterocycles. The van der Waals surface area contributed by atoms with Crippen molar-refractivity contribution >= 4 is 23.0 Å². The number of aromatic nitrogens is 2. The van der Waals surface area contributed by atoms with E-state index in [4.69, 9.17) is 9.47 Å². The number of carbonyl (C=O) groups excluding carboxylic acids is 1. The number of imidazole rings is 1. The zero-order chi connectivity index (χ0) is 19.9. The smallest absolute Gasteiger partial charge is 0.244 e. The molecule has 3 rings (SSSR count). The van der Waals surface area contributed by atoms with Gasteiger partial charge < -0.3 is 19.4 Å². The Morgan fingerprint density at radius 3 is 2.79 bits per heavy atom. The van der Waals surface area contributed by atoms with Crippen LogP contribution in [0.15, 0.2) is 48.5 Å². The van der Waals surface area contributed by atoms with Crippen LogP contribution in [0.3, 0.4) is 0 Å². The van der Waals surface area contributed by atoms with Gasteiger partial charge in [-0.25, -0.2) is 4.98 Å². The predicted molar refractivity (Wildman–Crippen MR) is 111 cm³/mol. The number of hydrogen-bond acceptors (Lipinski definition) is 4. The zero-order valence-electron chi connectivity index (χ0n) is 16.4. The first-order chi connectivity index (χ1) is 13.6. The van der Waals surface area contributed by atoms with Crippen LogP contribution in [0.4, 0.5) is 0 Å². The van der Waals surface area contributed by atoms with Crippen LogP contribution in [0, 0.1) is 6.92 Å². The predicted octanol–water partition coefficient (Wildman–Crippen LogP) is 3.58. The number of aryl methyl sites for hydroxylation is 2. The molecule has 0 fully saturated rings. The van der Waals surface area contributed by atoms with Crippen molar-refractivity contribution in [3.63, 3.8) is 0 Å². The third-order valence-electron chi connectivity index (χ3n) is 4.56. The van der Waals surface area contributed by atoms with Gasteiger partial charge in [0, 0.05) is 30.8 Å². The molecule has 146 valence electrons. The van der Waals surface area contributed by atoms with Gasteiger partial charge in [0.15, 0.2) is 0 Å². The lowest BCUT2D eigenvalue weighted by Crippen LogP contribution is -2.23. The summed E-state index contributed by atoms with van der Waals surface area (Å²) in [6.45, 7) is 3.40. The van der Waals surface area contributed by atoms with E-state index in [2.05, 4.69) is 20.9 Å². The van der Waals surface area contributed by atoms with Crippen LogP contribution in [-0.2, 0) is 11.3 Å². The standard InChI is InChI=1S/C22H25N3O3/c1-16-24-19-7-4-5-8-20(19)25(16)14-6-13-23-22(26)12-10-17-9-11-18(27-2)15-21(17)28-3/h4-5,7-12,15H,6,13-14H2,1-3H3,(H,23,26)/b12-10+. The van der Waals surface area contributed by atoms with E-state index in [1.807, 2.05) is 37.3 Å². The van der Waals surface area contributed by atoms with Crippen LogP contribution in [0.1, 0.15) is 17.8 Å². The molecule has 0 aliphatic carbocycles. The molecule has 1 aromatic heterocycles. The number of para-hydroxylation sites is 2. The van der Waals surface area contributed by atoms with Gasteiger partial charge in [0.1, 0.15) is 17.3 Å². The first kappa shape index (κ1) is 19.5. The maximum atomic E-state index is 12.1. The Balaban J connectivity index is 1.52. The van der Waals surface area contributed by atoms with Crippen molar-refractivity contribution in [3.8, 4) is 11.5 Å². The topological polar surface area (TPSA) is 65.4 Å². The molecule has 2 aromatic carbocycles. The Kier molecular flexibility index (Phi) is 6.32. The number of carbonyl (C=O) groups is 1. The molecular weight excluding hydrogens is 354 g/mol. The number of hydrogen-bond donors (Lipinski definition) is 1. The van der Waals surface area contributed by atoms with E-state index >= 15 is 0 Å². The van der Waals surface area contributed by atoms with E-state index in [1.54, 1.807) is 26.4 Å². The SMILES string of the molecule is COc1ccc(/C=C/C(=O)NCCCn2c(C)nc3ccccc32)c(OC)c1. The molecule has 1 N–H and O–H groups in total. The molecule has 3 aromatic rings. The van der Waals surface area contributed by atoms with Crippen molar-refractivity contribution < 1.29 is 14.3 Å². The van der Waals surface area contributed by atoms with Gasteiger partial charge in [-0.05, 0) is 43.7 Å². The van der Waals surface area contributed by atoms with Crippen molar-refractivity contribution in [2.24, 2.45) is 0 Å². The Morgan fingerprint density at radius 2 is 2.00 bits per heavy atom. The maximum Gasteiger partial charge on any atom is 0.244 e. The van der Waals surface area contributed by atoms with E-state index in [0.29, 0.717) is 18.0 Å². The lowest BCUT2D eigenvalue weighted by Gasteiger charge is -2.08. The van der Waals surface area contributed by atoms with Gasteiger partial charge in [-0.15, -0.1) is 0 Å². The van der Waals surface area contributed by atoms with Gasteiger partial charge in [0.05, 0.1) is 25.3 Å². The fourth-order valence-electron chi connectivity index (χ4n) is 3.11. The van der Waals surface area contributed by atoms with E-state index in [-0.39, 0.29) is 5.91 Å². The second-order valence-corrected chi connectivity index (χ2v) is 6.39. The van der Waals surface area contributed by atoms with E-state index in [9.17, 15) is 4.79 Å². The molecule has 0 atom stereocenters. The highest BCUT2D eigenvalue weighted by molar-refractivity contribution is 5.92. The van der Waals surface area contributed by atoms with Crippen molar-refractivity contribution in [1.29, 1.82) is 0 Å². The van der Waals surface area contributed by atoms with Crippen LogP contribution < -0.4 is 14.8 Å². The first-order valence-electron chi connectivity index (χ1n) is 9.22. The van der Waals surface area contributed by atoms with Crippen molar-refractivity contribution in [2.45, 2.75) is 19.9 Å². The van der Waals surface area contributed by atoms with Gasteiger partial charge in [-0.3, -0.25) is 4.79 Å².